The number of hydrogen-bond donors (Lipinski definition) is 2. The van der Waals surface area contributed by atoms with Gasteiger partial charge >= 0.3 is 12.1 Å². The van der Waals surface area contributed by atoms with Crippen LogP contribution in [0.15, 0.2) is 0 Å². The van der Waals surface area contributed by atoms with E-state index in [1.165, 1.54) is 4.72 Å². The number of halogens is 3. The number of carbonyl (C=O) groups is 1. The normalized spacial score (nSPS) is 23.9. The first-order chi connectivity index (χ1) is 9.32. The highest BCUT2D eigenvalue weighted by molar-refractivity contribution is 7.92. The van der Waals surface area contributed by atoms with Crippen molar-refractivity contribution in [3.8, 4) is 0 Å². The third-order valence-electron chi connectivity index (χ3n) is 2.65. The molecule has 0 aromatic carbocycles. The maximum atomic E-state index is 12.0. The maximum absolute atomic E-state index is 12.0. The summed E-state index contributed by atoms with van der Waals surface area (Å²) in [7, 11) is -8.26. The molecule has 8 nitrogen and oxygen atoms in total. The molecule has 124 valence electrons. The van der Waals surface area contributed by atoms with Gasteiger partial charge in [0, 0.05) is 6.54 Å². The number of alkyl halides is 3. The molecule has 0 aromatic rings. The van der Waals surface area contributed by atoms with Gasteiger partial charge in [-0.15, -0.1) is 0 Å². The van der Waals surface area contributed by atoms with Crippen LogP contribution < -0.4 is 4.72 Å². The topological polar surface area (TPSA) is 121 Å². The number of hydrogen-bond acceptors (Lipinski definition) is 5. The Morgan fingerprint density at radius 2 is 1.95 bits per heavy atom. The summed E-state index contributed by atoms with van der Waals surface area (Å²) in [6.45, 7) is -2.41. The van der Waals surface area contributed by atoms with E-state index in [1.807, 2.05) is 0 Å². The zero-order valence-corrected chi connectivity index (χ0v) is 12.1. The molecule has 1 aliphatic heterocycles. The standard InChI is InChI=1S/C8H13F3N2O6S2/c9-8(10,11)5-12-21(18,19)13-1-2-20(16,17)4-6(13)3-7(14)15/h6,12H,1-5H2,(H,14,15). The third kappa shape index (κ3) is 5.76. The van der Waals surface area contributed by atoms with E-state index in [0.717, 1.165) is 0 Å². The zero-order valence-electron chi connectivity index (χ0n) is 10.5. The second-order valence-corrected chi connectivity index (χ2v) is 8.35. The van der Waals surface area contributed by atoms with Gasteiger partial charge in [-0.25, -0.2) is 8.42 Å². The Balaban J connectivity index is 2.93. The van der Waals surface area contributed by atoms with Gasteiger partial charge in [-0.2, -0.15) is 30.6 Å². The van der Waals surface area contributed by atoms with Crippen LogP contribution in [0.25, 0.3) is 0 Å². The molecular formula is C8H13F3N2O6S2. The minimum absolute atomic E-state index is 0.452. The average molecular weight is 354 g/mol. The van der Waals surface area contributed by atoms with E-state index in [0.29, 0.717) is 4.31 Å². The number of carboxylic acids is 1. The predicted octanol–water partition coefficient (Wildman–Crippen LogP) is -1.04. The molecule has 1 rings (SSSR count). The summed E-state index contributed by atoms with van der Waals surface area (Å²) in [5.74, 6) is -2.77. The third-order valence-corrected chi connectivity index (χ3v) is 5.95. The lowest BCUT2D eigenvalue weighted by Crippen LogP contribution is -2.56. The van der Waals surface area contributed by atoms with Crippen molar-refractivity contribution in [1.82, 2.24) is 9.03 Å². The van der Waals surface area contributed by atoms with Gasteiger partial charge in [0.2, 0.25) is 0 Å². The Bertz CT molecular complexity index is 600. The summed E-state index contributed by atoms with van der Waals surface area (Å²) < 4.78 is 84.2. The molecule has 0 saturated carbocycles. The summed E-state index contributed by atoms with van der Waals surface area (Å²) in [6.07, 6.45) is -5.59. The molecule has 1 unspecified atom stereocenters. The lowest BCUT2D eigenvalue weighted by molar-refractivity contribution is -0.138. The molecule has 13 heteroatoms. The van der Waals surface area contributed by atoms with Gasteiger partial charge in [-0.05, 0) is 0 Å². The number of rotatable bonds is 5. The summed E-state index contributed by atoms with van der Waals surface area (Å²) in [5, 5.41) is 8.66. The monoisotopic (exact) mass is 354 g/mol. The highest BCUT2D eigenvalue weighted by Crippen LogP contribution is 2.19. The van der Waals surface area contributed by atoms with Crippen LogP contribution in [0.2, 0.25) is 0 Å². The highest BCUT2D eigenvalue weighted by Gasteiger charge is 2.40. The number of aliphatic carboxylic acids is 1. The van der Waals surface area contributed by atoms with Crippen molar-refractivity contribution in [3.05, 3.63) is 0 Å². The second-order valence-electron chi connectivity index (χ2n) is 4.42. The van der Waals surface area contributed by atoms with Crippen molar-refractivity contribution >= 4 is 26.0 Å². The van der Waals surface area contributed by atoms with E-state index in [1.54, 1.807) is 0 Å². The fourth-order valence-electron chi connectivity index (χ4n) is 1.81. The Labute approximate surface area is 119 Å². The number of sulfone groups is 1. The molecule has 0 bridgehead atoms. The zero-order chi connectivity index (χ0) is 16.5. The number of nitrogens with one attached hydrogen (secondary N) is 1. The molecule has 21 heavy (non-hydrogen) atoms. The van der Waals surface area contributed by atoms with Crippen LogP contribution in [0.1, 0.15) is 6.42 Å². The van der Waals surface area contributed by atoms with Crippen molar-refractivity contribution in [2.24, 2.45) is 0 Å². The van der Waals surface area contributed by atoms with Gasteiger partial charge in [0.05, 0.1) is 24.0 Å². The summed E-state index contributed by atoms with van der Waals surface area (Å²) >= 11 is 0. The quantitative estimate of drug-likeness (QED) is 0.650. The van der Waals surface area contributed by atoms with E-state index < -0.39 is 69.3 Å². The first kappa shape index (κ1) is 18.1. The van der Waals surface area contributed by atoms with Crippen molar-refractivity contribution in [2.75, 3.05) is 24.6 Å². The first-order valence-corrected chi connectivity index (χ1v) is 8.84. The molecule has 2 N–H and O–H groups in total. The molecule has 1 fully saturated rings. The minimum atomic E-state index is -4.78. The maximum Gasteiger partial charge on any atom is 0.402 e. The van der Waals surface area contributed by atoms with Crippen molar-refractivity contribution in [2.45, 2.75) is 18.6 Å². The molecule has 1 heterocycles. The smallest absolute Gasteiger partial charge is 0.402 e. The van der Waals surface area contributed by atoms with Crippen LogP contribution in [-0.4, -0.2) is 69.0 Å². The molecule has 1 aliphatic rings. The fourth-order valence-corrected chi connectivity index (χ4v) is 4.93. The van der Waals surface area contributed by atoms with Gasteiger partial charge in [0.1, 0.15) is 6.54 Å². The van der Waals surface area contributed by atoms with Crippen LogP contribution >= 0.6 is 0 Å². The van der Waals surface area contributed by atoms with E-state index in [4.69, 9.17) is 5.11 Å². The van der Waals surface area contributed by atoms with Crippen LogP contribution in [0.3, 0.4) is 0 Å². The van der Waals surface area contributed by atoms with Crippen LogP contribution in [0, 0.1) is 0 Å². The SMILES string of the molecule is O=C(O)CC1CS(=O)(=O)CCN1S(=O)(=O)NCC(F)(F)F. The van der Waals surface area contributed by atoms with Gasteiger partial charge in [0.15, 0.2) is 9.84 Å². The largest absolute Gasteiger partial charge is 0.481 e. The molecule has 0 radical (unpaired) electrons. The first-order valence-electron chi connectivity index (χ1n) is 5.58. The molecular weight excluding hydrogens is 341 g/mol. The molecule has 0 aromatic heterocycles. The number of nitrogens with zero attached hydrogens (tertiary/aromatic N) is 1. The van der Waals surface area contributed by atoms with Crippen LogP contribution in [-0.2, 0) is 24.8 Å². The fraction of sp³-hybridized carbons (Fsp3) is 0.875. The minimum Gasteiger partial charge on any atom is -0.481 e. The van der Waals surface area contributed by atoms with Gasteiger partial charge in [-0.1, -0.05) is 0 Å². The molecule has 0 amide bonds. The Kier molecular flexibility index (Phi) is 5.23. The molecule has 0 aliphatic carbocycles. The van der Waals surface area contributed by atoms with Crippen LogP contribution in [0.4, 0.5) is 13.2 Å². The van der Waals surface area contributed by atoms with E-state index >= 15 is 0 Å². The van der Waals surface area contributed by atoms with Gasteiger partial charge < -0.3 is 5.11 Å². The second kappa shape index (κ2) is 6.06. The molecule has 1 saturated heterocycles. The van der Waals surface area contributed by atoms with Crippen molar-refractivity contribution < 1.29 is 39.9 Å². The Morgan fingerprint density at radius 1 is 1.38 bits per heavy atom. The summed E-state index contributed by atoms with van der Waals surface area (Å²) in [5.41, 5.74) is 0. The van der Waals surface area contributed by atoms with E-state index in [-0.39, 0.29) is 0 Å². The predicted molar refractivity (Wildman–Crippen MR) is 64.4 cm³/mol. The number of carboxylic acid groups (broad SMARTS) is 1. The van der Waals surface area contributed by atoms with Crippen molar-refractivity contribution in [3.63, 3.8) is 0 Å². The average Bonchev–Trinajstić information content (AvgIpc) is 2.23. The molecule has 0 spiro atoms. The van der Waals surface area contributed by atoms with E-state index in [2.05, 4.69) is 0 Å². The van der Waals surface area contributed by atoms with Crippen molar-refractivity contribution in [1.29, 1.82) is 0 Å². The highest BCUT2D eigenvalue weighted by atomic mass is 32.2. The molecule has 1 atom stereocenters. The Morgan fingerprint density at radius 3 is 2.43 bits per heavy atom. The van der Waals surface area contributed by atoms with Crippen LogP contribution in [0.5, 0.6) is 0 Å². The lowest BCUT2D eigenvalue weighted by Gasteiger charge is -2.33. The summed E-state index contributed by atoms with van der Waals surface area (Å²) in [4.78, 5) is 10.7. The Hall–Kier alpha value is -0.920. The summed E-state index contributed by atoms with van der Waals surface area (Å²) in [6, 6.07) is -1.44. The lowest BCUT2D eigenvalue weighted by atomic mass is 10.2. The van der Waals surface area contributed by atoms with E-state index in [9.17, 15) is 34.8 Å². The van der Waals surface area contributed by atoms with Gasteiger partial charge in [0.25, 0.3) is 10.2 Å². The van der Waals surface area contributed by atoms with Gasteiger partial charge in [-0.3, -0.25) is 4.79 Å².